The molecule has 7 nitrogen and oxygen atoms in total. The number of nitrogen functional groups attached to an aromatic ring is 1. The summed E-state index contributed by atoms with van der Waals surface area (Å²) in [5, 5.41) is 6.31. The van der Waals surface area contributed by atoms with E-state index in [2.05, 4.69) is 5.10 Å². The minimum atomic E-state index is -0.340. The van der Waals surface area contributed by atoms with Crippen LogP contribution >= 0.6 is 11.3 Å². The van der Waals surface area contributed by atoms with Crippen LogP contribution < -0.4 is 16.0 Å². The fourth-order valence-corrected chi connectivity index (χ4v) is 4.86. The number of rotatable bonds is 7. The van der Waals surface area contributed by atoms with E-state index in [1.54, 1.807) is 15.4 Å². The highest BCUT2D eigenvalue weighted by Crippen LogP contribution is 2.31. The maximum atomic E-state index is 13.6. The number of hydrogen-bond acceptors (Lipinski definition) is 6. The van der Waals surface area contributed by atoms with E-state index in [4.69, 9.17) is 10.5 Å². The Morgan fingerprint density at radius 3 is 2.56 bits per heavy atom. The second-order valence-electron chi connectivity index (χ2n) is 7.95. The zero-order valence-corrected chi connectivity index (χ0v) is 19.3. The van der Waals surface area contributed by atoms with Crippen molar-refractivity contribution in [3.8, 4) is 11.4 Å². The molecule has 3 aromatic heterocycles. The summed E-state index contributed by atoms with van der Waals surface area (Å²) >= 11 is 1.42. The molecule has 5 rings (SSSR count). The summed E-state index contributed by atoms with van der Waals surface area (Å²) in [6, 6.07) is 18.8. The maximum absolute atomic E-state index is 13.6. The van der Waals surface area contributed by atoms with Gasteiger partial charge in [-0.1, -0.05) is 30.3 Å². The number of ether oxygens (including phenoxy) is 1. The van der Waals surface area contributed by atoms with Gasteiger partial charge in [0.1, 0.15) is 6.61 Å². The summed E-state index contributed by atoms with van der Waals surface area (Å²) in [4.78, 5) is 26.1. The third-order valence-corrected chi connectivity index (χ3v) is 6.46. The van der Waals surface area contributed by atoms with E-state index in [0.717, 1.165) is 21.5 Å². The maximum Gasteiger partial charge on any atom is 0.294 e. The summed E-state index contributed by atoms with van der Waals surface area (Å²) in [5.41, 5.74) is 9.78. The number of Topliss-reactive ketones (excluding diaryl/α,β-unsaturated/α-hetero) is 1. The second-order valence-corrected chi connectivity index (χ2v) is 8.86. The number of carbonyl (C=O) groups is 1. The van der Waals surface area contributed by atoms with E-state index in [-0.39, 0.29) is 23.7 Å². The average molecular weight is 471 g/mol. The monoisotopic (exact) mass is 470 g/mol. The first-order chi connectivity index (χ1) is 16.5. The van der Waals surface area contributed by atoms with E-state index >= 15 is 0 Å². The van der Waals surface area contributed by atoms with Crippen LogP contribution in [-0.2, 0) is 13.2 Å². The molecule has 0 aliphatic heterocycles. The van der Waals surface area contributed by atoms with Gasteiger partial charge in [-0.2, -0.15) is 5.10 Å². The largest absolute Gasteiger partial charge is 0.482 e. The van der Waals surface area contributed by atoms with Gasteiger partial charge in [0, 0.05) is 17.4 Å². The number of benzene rings is 2. The minimum absolute atomic E-state index is 0.0808. The van der Waals surface area contributed by atoms with Gasteiger partial charge < -0.3 is 10.5 Å². The van der Waals surface area contributed by atoms with Gasteiger partial charge in [-0.05, 0) is 48.2 Å². The Balaban J connectivity index is 1.55. The standard InChI is InChI=1S/C26H22N4O3S/c1-17(31)23-24(33-16-18-5-3-2-4-6-18)26(32)29(22-11-12-34-25(22)23)14-19-13-28-30(15-19)21-9-7-20(27)8-10-21/h2-13,15H,14,16,27H2,1H3. The molecular formula is C26H22N4O3S. The number of carbonyl (C=O) groups excluding carboxylic acids is 1. The highest BCUT2D eigenvalue weighted by atomic mass is 32.1. The van der Waals surface area contributed by atoms with Crippen molar-refractivity contribution in [3.05, 3.63) is 105 Å². The summed E-state index contributed by atoms with van der Waals surface area (Å²) in [6.45, 7) is 1.95. The Bertz CT molecular complexity index is 1530. The molecule has 0 aliphatic carbocycles. The van der Waals surface area contributed by atoms with Crippen LogP contribution in [0.15, 0.2) is 83.2 Å². The van der Waals surface area contributed by atoms with Crippen LogP contribution in [0.25, 0.3) is 15.9 Å². The Kier molecular flexibility index (Phi) is 5.73. The van der Waals surface area contributed by atoms with Crippen molar-refractivity contribution in [2.24, 2.45) is 0 Å². The Morgan fingerprint density at radius 1 is 1.06 bits per heavy atom. The molecule has 0 atom stereocenters. The van der Waals surface area contributed by atoms with Crippen molar-refractivity contribution in [2.45, 2.75) is 20.1 Å². The summed E-state index contributed by atoms with van der Waals surface area (Å²) in [6.07, 6.45) is 3.60. The lowest BCUT2D eigenvalue weighted by atomic mass is 10.1. The minimum Gasteiger partial charge on any atom is -0.482 e. The van der Waals surface area contributed by atoms with E-state index < -0.39 is 0 Å². The highest BCUT2D eigenvalue weighted by Gasteiger charge is 2.22. The smallest absolute Gasteiger partial charge is 0.294 e. The average Bonchev–Trinajstić information content (AvgIpc) is 3.50. The molecule has 0 bridgehead atoms. The Hall–Kier alpha value is -4.17. The zero-order chi connectivity index (χ0) is 23.7. The zero-order valence-electron chi connectivity index (χ0n) is 18.5. The third kappa shape index (κ3) is 4.11. The Labute approximate surface area is 199 Å². The van der Waals surface area contributed by atoms with Gasteiger partial charge in [0.2, 0.25) is 0 Å². The van der Waals surface area contributed by atoms with E-state index in [0.29, 0.717) is 23.3 Å². The summed E-state index contributed by atoms with van der Waals surface area (Å²) in [7, 11) is 0. The van der Waals surface area contributed by atoms with Gasteiger partial charge in [0.25, 0.3) is 5.56 Å². The van der Waals surface area contributed by atoms with Gasteiger partial charge in [-0.3, -0.25) is 14.2 Å². The van der Waals surface area contributed by atoms with Gasteiger partial charge in [-0.25, -0.2) is 4.68 Å². The second kappa shape index (κ2) is 8.99. The molecule has 2 aromatic carbocycles. The van der Waals surface area contributed by atoms with Crippen molar-refractivity contribution in [2.75, 3.05) is 5.73 Å². The number of nitrogens with two attached hydrogens (primary N) is 1. The number of hydrogen-bond donors (Lipinski definition) is 1. The molecule has 8 heteroatoms. The fourth-order valence-electron chi connectivity index (χ4n) is 3.88. The molecule has 3 heterocycles. The quantitative estimate of drug-likeness (QED) is 0.276. The van der Waals surface area contributed by atoms with Crippen molar-refractivity contribution in [3.63, 3.8) is 0 Å². The molecule has 0 spiro atoms. The molecule has 0 amide bonds. The van der Waals surface area contributed by atoms with Crippen molar-refractivity contribution in [1.29, 1.82) is 0 Å². The van der Waals surface area contributed by atoms with E-state index in [9.17, 15) is 9.59 Å². The van der Waals surface area contributed by atoms with Gasteiger partial charge in [0.15, 0.2) is 11.5 Å². The molecule has 34 heavy (non-hydrogen) atoms. The number of fused-ring (bicyclic) bond motifs is 1. The number of pyridine rings is 1. The first kappa shape index (κ1) is 21.7. The van der Waals surface area contributed by atoms with Crippen LogP contribution in [0.1, 0.15) is 28.4 Å². The van der Waals surface area contributed by atoms with E-state index in [1.165, 1.54) is 18.3 Å². The molecule has 0 radical (unpaired) electrons. The first-order valence-corrected chi connectivity index (χ1v) is 11.6. The van der Waals surface area contributed by atoms with Crippen LogP contribution in [0.3, 0.4) is 0 Å². The lowest BCUT2D eigenvalue weighted by Gasteiger charge is -2.15. The lowest BCUT2D eigenvalue weighted by Crippen LogP contribution is -2.25. The summed E-state index contributed by atoms with van der Waals surface area (Å²) < 4.78 is 10.1. The van der Waals surface area contributed by atoms with Crippen molar-refractivity contribution in [1.82, 2.24) is 14.3 Å². The normalized spacial score (nSPS) is 11.1. The van der Waals surface area contributed by atoms with Crippen molar-refractivity contribution >= 4 is 33.0 Å². The predicted octanol–water partition coefficient (Wildman–Crippen LogP) is 4.66. The molecule has 0 fully saturated rings. The molecule has 0 saturated carbocycles. The SMILES string of the molecule is CC(=O)c1c(OCc2ccccc2)c(=O)n(Cc2cnn(-c3ccc(N)cc3)c2)c2ccsc12. The van der Waals surface area contributed by atoms with Crippen LogP contribution in [0, 0.1) is 0 Å². The highest BCUT2D eigenvalue weighted by molar-refractivity contribution is 7.17. The van der Waals surface area contributed by atoms with Crippen LogP contribution in [-0.4, -0.2) is 20.1 Å². The first-order valence-electron chi connectivity index (χ1n) is 10.7. The molecule has 5 aromatic rings. The number of anilines is 1. The lowest BCUT2D eigenvalue weighted by molar-refractivity contribution is 0.101. The fraction of sp³-hybridized carbons (Fsp3) is 0.115. The Morgan fingerprint density at radius 2 is 1.82 bits per heavy atom. The number of aromatic nitrogens is 3. The summed E-state index contributed by atoms with van der Waals surface area (Å²) in [5.74, 6) is -0.117. The van der Waals surface area contributed by atoms with Crippen LogP contribution in [0.4, 0.5) is 5.69 Å². The topological polar surface area (TPSA) is 92.1 Å². The number of ketones is 1. The molecular weight excluding hydrogens is 448 g/mol. The van der Waals surface area contributed by atoms with E-state index in [1.807, 2.05) is 72.2 Å². The third-order valence-electron chi connectivity index (χ3n) is 5.54. The van der Waals surface area contributed by atoms with Crippen molar-refractivity contribution < 1.29 is 9.53 Å². The van der Waals surface area contributed by atoms with Gasteiger partial charge >= 0.3 is 0 Å². The predicted molar refractivity (Wildman–Crippen MR) is 134 cm³/mol. The number of thiophene rings is 1. The van der Waals surface area contributed by atoms with Gasteiger partial charge in [0.05, 0.1) is 34.2 Å². The molecule has 2 N–H and O–H groups in total. The molecule has 0 aliphatic rings. The molecule has 170 valence electrons. The van der Waals surface area contributed by atoms with Crippen LogP contribution in [0.2, 0.25) is 0 Å². The van der Waals surface area contributed by atoms with Gasteiger partial charge in [-0.15, -0.1) is 11.3 Å². The number of nitrogens with zero attached hydrogens (tertiary/aromatic N) is 3. The molecule has 0 unspecified atom stereocenters. The van der Waals surface area contributed by atoms with Crippen LogP contribution in [0.5, 0.6) is 5.75 Å². The molecule has 0 saturated heterocycles.